The number of amides is 2. The molecule has 0 heterocycles. The molecule has 1 N–H and O–H groups in total. The van der Waals surface area contributed by atoms with Crippen LogP contribution in [-0.2, 0) is 0 Å². The van der Waals surface area contributed by atoms with E-state index in [-0.39, 0.29) is 18.6 Å². The van der Waals surface area contributed by atoms with Crippen LogP contribution in [-0.4, -0.2) is 36.2 Å². The minimum Gasteiger partial charge on any atom is -0.338 e. The molecule has 0 unspecified atom stereocenters. The molecule has 0 aromatic carbocycles. The maximum atomic E-state index is 12.1. The Labute approximate surface area is 93.0 Å². The lowest BCUT2D eigenvalue weighted by Gasteiger charge is -2.37. The van der Waals surface area contributed by atoms with E-state index in [1.54, 1.807) is 6.92 Å². The van der Waals surface area contributed by atoms with E-state index in [9.17, 15) is 18.0 Å². The normalized spacial score (nSPS) is 16.8. The van der Waals surface area contributed by atoms with Crippen LogP contribution < -0.4 is 5.32 Å². The highest BCUT2D eigenvalue weighted by Gasteiger charge is 2.33. The summed E-state index contributed by atoms with van der Waals surface area (Å²) in [4.78, 5) is 12.9. The van der Waals surface area contributed by atoms with Gasteiger partial charge in [0.05, 0.1) is 6.42 Å². The second-order valence-electron chi connectivity index (χ2n) is 3.98. The number of hydrogen-bond donors (Lipinski definition) is 1. The third-order valence-corrected chi connectivity index (χ3v) is 2.74. The molecule has 0 radical (unpaired) electrons. The summed E-state index contributed by atoms with van der Waals surface area (Å²) in [6.45, 7) is 1.95. The Morgan fingerprint density at radius 1 is 1.44 bits per heavy atom. The highest BCUT2D eigenvalue weighted by atomic mass is 19.4. The Hall–Kier alpha value is -0.940. The van der Waals surface area contributed by atoms with Crippen LogP contribution in [0.25, 0.3) is 0 Å². The number of hydrogen-bond acceptors (Lipinski definition) is 1. The number of carbonyl (C=O) groups excluding carboxylic acids is 1. The molecule has 0 atom stereocenters. The summed E-state index contributed by atoms with van der Waals surface area (Å²) in [6, 6.07) is -0.384. The predicted octanol–water partition coefficient (Wildman–Crippen LogP) is 2.52. The first-order valence-corrected chi connectivity index (χ1v) is 5.55. The van der Waals surface area contributed by atoms with Crippen molar-refractivity contribution in [3.63, 3.8) is 0 Å². The summed E-state index contributed by atoms with van der Waals surface area (Å²) in [5, 5.41) is 2.55. The number of urea groups is 1. The van der Waals surface area contributed by atoms with Gasteiger partial charge in [0.2, 0.25) is 0 Å². The van der Waals surface area contributed by atoms with Crippen LogP contribution >= 0.6 is 0 Å². The van der Waals surface area contributed by atoms with E-state index in [0.717, 1.165) is 19.3 Å². The highest BCUT2D eigenvalue weighted by Crippen LogP contribution is 2.27. The van der Waals surface area contributed by atoms with Gasteiger partial charge in [0.15, 0.2) is 0 Å². The van der Waals surface area contributed by atoms with Gasteiger partial charge in [-0.05, 0) is 26.2 Å². The van der Waals surface area contributed by atoms with Gasteiger partial charge in [-0.3, -0.25) is 0 Å². The Balaban J connectivity index is 2.47. The molecule has 1 aliphatic carbocycles. The van der Waals surface area contributed by atoms with Crippen LogP contribution in [0.5, 0.6) is 0 Å². The number of carbonyl (C=O) groups is 1. The number of nitrogens with one attached hydrogen (secondary N) is 1. The molecule has 1 saturated carbocycles. The fourth-order valence-electron chi connectivity index (χ4n) is 1.65. The second kappa shape index (κ2) is 5.41. The third-order valence-electron chi connectivity index (χ3n) is 2.74. The molecule has 0 spiro atoms. The number of alkyl halides is 3. The topological polar surface area (TPSA) is 32.3 Å². The van der Waals surface area contributed by atoms with E-state index in [1.165, 1.54) is 4.90 Å². The van der Waals surface area contributed by atoms with Crippen molar-refractivity contribution in [1.82, 2.24) is 10.2 Å². The Morgan fingerprint density at radius 2 is 2.06 bits per heavy atom. The fourth-order valence-corrected chi connectivity index (χ4v) is 1.65. The monoisotopic (exact) mass is 238 g/mol. The molecule has 1 aliphatic rings. The average molecular weight is 238 g/mol. The zero-order valence-corrected chi connectivity index (χ0v) is 9.31. The van der Waals surface area contributed by atoms with Crippen LogP contribution in [0.4, 0.5) is 18.0 Å². The van der Waals surface area contributed by atoms with E-state index in [1.807, 2.05) is 0 Å². The van der Waals surface area contributed by atoms with Crippen LogP contribution in [0.2, 0.25) is 0 Å². The number of nitrogens with zero attached hydrogens (tertiary/aromatic N) is 1. The van der Waals surface area contributed by atoms with Crippen molar-refractivity contribution in [2.75, 3.05) is 13.1 Å². The zero-order chi connectivity index (χ0) is 12.2. The van der Waals surface area contributed by atoms with E-state index < -0.39 is 12.6 Å². The van der Waals surface area contributed by atoms with E-state index in [2.05, 4.69) is 5.32 Å². The Kier molecular flexibility index (Phi) is 4.44. The molecule has 0 saturated heterocycles. The van der Waals surface area contributed by atoms with E-state index >= 15 is 0 Å². The van der Waals surface area contributed by atoms with Gasteiger partial charge in [-0.15, -0.1) is 0 Å². The van der Waals surface area contributed by atoms with Crippen LogP contribution in [0, 0.1) is 0 Å². The summed E-state index contributed by atoms with van der Waals surface area (Å²) >= 11 is 0. The predicted molar refractivity (Wildman–Crippen MR) is 54.1 cm³/mol. The number of rotatable bonds is 4. The number of halogens is 3. The molecule has 1 rings (SSSR count). The van der Waals surface area contributed by atoms with Gasteiger partial charge in [0.25, 0.3) is 0 Å². The van der Waals surface area contributed by atoms with Gasteiger partial charge >= 0.3 is 12.2 Å². The summed E-state index contributed by atoms with van der Waals surface area (Å²) in [5.41, 5.74) is 0. The molecule has 0 aliphatic heterocycles. The molecule has 1 fully saturated rings. The summed E-state index contributed by atoms with van der Waals surface area (Å²) in [6.07, 6.45) is -2.51. The van der Waals surface area contributed by atoms with E-state index in [0.29, 0.717) is 6.54 Å². The van der Waals surface area contributed by atoms with Crippen molar-refractivity contribution < 1.29 is 18.0 Å². The molecular formula is C10H17F3N2O. The van der Waals surface area contributed by atoms with Crippen LogP contribution in [0.1, 0.15) is 32.6 Å². The summed E-state index contributed by atoms with van der Waals surface area (Å²) < 4.78 is 36.3. The first-order chi connectivity index (χ1) is 7.44. The van der Waals surface area contributed by atoms with Crippen LogP contribution in [0.15, 0.2) is 0 Å². The molecule has 0 bridgehead atoms. The summed E-state index contributed by atoms with van der Waals surface area (Å²) in [7, 11) is 0. The fraction of sp³-hybridized carbons (Fsp3) is 0.900. The van der Waals surface area contributed by atoms with Gasteiger partial charge in [-0.25, -0.2) is 4.79 Å². The van der Waals surface area contributed by atoms with Crippen molar-refractivity contribution in [2.45, 2.75) is 44.8 Å². The standard InChI is InChI=1S/C10H17F3N2O/c1-2-14-9(16)15(8-4-3-5-8)7-6-10(11,12)13/h8H,2-7H2,1H3,(H,14,16). The third kappa shape index (κ3) is 3.90. The van der Waals surface area contributed by atoms with Crippen LogP contribution in [0.3, 0.4) is 0 Å². The van der Waals surface area contributed by atoms with Gasteiger partial charge in [-0.2, -0.15) is 13.2 Å². The van der Waals surface area contributed by atoms with Gasteiger partial charge in [-0.1, -0.05) is 0 Å². The molecular weight excluding hydrogens is 221 g/mol. The highest BCUT2D eigenvalue weighted by molar-refractivity contribution is 5.74. The molecule has 2 amide bonds. The average Bonchev–Trinajstić information content (AvgIpc) is 2.07. The minimum absolute atomic E-state index is 0.00565. The first kappa shape index (κ1) is 13.1. The van der Waals surface area contributed by atoms with Crippen molar-refractivity contribution in [3.8, 4) is 0 Å². The molecule has 0 aromatic rings. The lowest BCUT2D eigenvalue weighted by Crippen LogP contribution is -2.50. The lowest BCUT2D eigenvalue weighted by atomic mass is 9.91. The van der Waals surface area contributed by atoms with Crippen molar-refractivity contribution >= 4 is 6.03 Å². The zero-order valence-electron chi connectivity index (χ0n) is 9.31. The van der Waals surface area contributed by atoms with Crippen molar-refractivity contribution in [1.29, 1.82) is 0 Å². The minimum atomic E-state index is -4.20. The van der Waals surface area contributed by atoms with Gasteiger partial charge in [0, 0.05) is 19.1 Å². The first-order valence-electron chi connectivity index (χ1n) is 5.55. The largest absolute Gasteiger partial charge is 0.390 e. The van der Waals surface area contributed by atoms with Crippen molar-refractivity contribution in [2.24, 2.45) is 0 Å². The van der Waals surface area contributed by atoms with E-state index in [4.69, 9.17) is 0 Å². The quantitative estimate of drug-likeness (QED) is 0.802. The van der Waals surface area contributed by atoms with Gasteiger partial charge < -0.3 is 10.2 Å². The Morgan fingerprint density at radius 3 is 2.44 bits per heavy atom. The maximum Gasteiger partial charge on any atom is 0.390 e. The molecule has 0 aromatic heterocycles. The molecule has 6 heteroatoms. The molecule has 94 valence electrons. The maximum absolute atomic E-state index is 12.1. The molecule has 3 nitrogen and oxygen atoms in total. The lowest BCUT2D eigenvalue weighted by molar-refractivity contribution is -0.137. The van der Waals surface area contributed by atoms with Crippen molar-refractivity contribution in [3.05, 3.63) is 0 Å². The second-order valence-corrected chi connectivity index (χ2v) is 3.98. The van der Waals surface area contributed by atoms with Gasteiger partial charge in [0.1, 0.15) is 0 Å². The Bertz CT molecular complexity index is 239. The SMILES string of the molecule is CCNC(=O)N(CCC(F)(F)F)C1CCC1. The smallest absolute Gasteiger partial charge is 0.338 e. The summed E-state index contributed by atoms with van der Waals surface area (Å²) in [5.74, 6) is 0. The molecule has 16 heavy (non-hydrogen) atoms.